The number of anilines is 1. The predicted molar refractivity (Wildman–Crippen MR) is 70.1 cm³/mol. The Morgan fingerprint density at radius 3 is 3.06 bits per heavy atom. The molecule has 18 heavy (non-hydrogen) atoms. The van der Waals surface area contributed by atoms with E-state index in [-0.39, 0.29) is 23.7 Å². The van der Waals surface area contributed by atoms with Gasteiger partial charge in [-0.1, -0.05) is 11.6 Å². The van der Waals surface area contributed by atoms with Crippen LogP contribution >= 0.6 is 11.6 Å². The predicted octanol–water partition coefficient (Wildman–Crippen LogP) is 0.00500. The Kier molecular flexibility index (Phi) is 4.21. The van der Waals surface area contributed by atoms with E-state index >= 15 is 0 Å². The summed E-state index contributed by atoms with van der Waals surface area (Å²) < 4.78 is 1.16. The summed E-state index contributed by atoms with van der Waals surface area (Å²) in [6, 6.07) is 0.294. The zero-order chi connectivity index (χ0) is 13.1. The number of aromatic nitrogens is 2. The van der Waals surface area contributed by atoms with Gasteiger partial charge in [-0.25, -0.2) is 4.68 Å². The van der Waals surface area contributed by atoms with Crippen molar-refractivity contribution in [1.82, 2.24) is 14.7 Å². The van der Waals surface area contributed by atoms with Crippen LogP contribution in [-0.2, 0) is 6.54 Å². The fourth-order valence-electron chi connectivity index (χ4n) is 2.09. The van der Waals surface area contributed by atoms with Crippen molar-refractivity contribution in [3.05, 3.63) is 21.6 Å². The average Bonchev–Trinajstić information content (AvgIpc) is 2.75. The third-order valence-corrected chi connectivity index (χ3v) is 3.41. The first kappa shape index (κ1) is 13.3. The molecule has 1 saturated heterocycles. The van der Waals surface area contributed by atoms with Crippen molar-refractivity contribution in [3.8, 4) is 0 Å². The summed E-state index contributed by atoms with van der Waals surface area (Å²) >= 11 is 6.02. The standard InChI is InChI=1S/C11H17ClN4O2/c1-15-3-2-8(7-15)14-9-6-13-16(4-5-17)11(18)10(9)12/h6,8,14,17H,2-5,7H2,1H3. The molecule has 6 nitrogen and oxygen atoms in total. The largest absolute Gasteiger partial charge is 0.394 e. The number of rotatable bonds is 4. The Hall–Kier alpha value is -1.11. The molecular weight excluding hydrogens is 256 g/mol. The van der Waals surface area contributed by atoms with Gasteiger partial charge in [-0.2, -0.15) is 5.10 Å². The van der Waals surface area contributed by atoms with Crippen molar-refractivity contribution in [2.45, 2.75) is 19.0 Å². The molecule has 0 spiro atoms. The van der Waals surface area contributed by atoms with Crippen molar-refractivity contribution < 1.29 is 5.11 Å². The van der Waals surface area contributed by atoms with Gasteiger partial charge in [0.2, 0.25) is 0 Å². The van der Waals surface area contributed by atoms with Crippen molar-refractivity contribution in [3.63, 3.8) is 0 Å². The second kappa shape index (κ2) is 5.69. The van der Waals surface area contributed by atoms with Crippen LogP contribution in [0.5, 0.6) is 0 Å². The molecule has 0 radical (unpaired) electrons. The van der Waals surface area contributed by atoms with Crippen LogP contribution in [0.2, 0.25) is 5.02 Å². The van der Waals surface area contributed by atoms with E-state index in [0.29, 0.717) is 11.7 Å². The van der Waals surface area contributed by atoms with E-state index in [1.165, 1.54) is 6.20 Å². The molecule has 1 atom stereocenters. The minimum Gasteiger partial charge on any atom is -0.394 e. The van der Waals surface area contributed by atoms with E-state index in [1.54, 1.807) is 0 Å². The molecule has 2 heterocycles. The van der Waals surface area contributed by atoms with Crippen molar-refractivity contribution in [2.24, 2.45) is 0 Å². The lowest BCUT2D eigenvalue weighted by atomic mass is 10.2. The number of hydrogen-bond donors (Lipinski definition) is 2. The van der Waals surface area contributed by atoms with Crippen LogP contribution in [0.15, 0.2) is 11.0 Å². The molecule has 1 aromatic heterocycles. The van der Waals surface area contributed by atoms with Gasteiger partial charge in [-0.05, 0) is 20.0 Å². The summed E-state index contributed by atoms with van der Waals surface area (Å²) in [5.74, 6) is 0. The number of nitrogens with zero attached hydrogens (tertiary/aromatic N) is 3. The highest BCUT2D eigenvalue weighted by Crippen LogP contribution is 2.19. The first-order chi connectivity index (χ1) is 8.61. The summed E-state index contributed by atoms with van der Waals surface area (Å²) in [5, 5.41) is 16.1. The Bertz CT molecular complexity index is 477. The molecule has 1 fully saturated rings. The second-order valence-electron chi connectivity index (χ2n) is 4.52. The van der Waals surface area contributed by atoms with Gasteiger partial charge in [0, 0.05) is 12.6 Å². The Balaban J connectivity index is 2.14. The van der Waals surface area contributed by atoms with E-state index in [2.05, 4.69) is 22.4 Å². The van der Waals surface area contributed by atoms with Gasteiger partial charge in [0.15, 0.2) is 0 Å². The molecule has 0 amide bonds. The van der Waals surface area contributed by atoms with Gasteiger partial charge in [0.05, 0.1) is 25.0 Å². The fraction of sp³-hybridized carbons (Fsp3) is 0.636. The zero-order valence-corrected chi connectivity index (χ0v) is 11.0. The van der Waals surface area contributed by atoms with Crippen LogP contribution in [0, 0.1) is 0 Å². The quantitative estimate of drug-likeness (QED) is 0.808. The summed E-state index contributed by atoms with van der Waals surface area (Å²) in [4.78, 5) is 14.0. The first-order valence-electron chi connectivity index (χ1n) is 5.93. The van der Waals surface area contributed by atoms with Gasteiger partial charge < -0.3 is 15.3 Å². The maximum absolute atomic E-state index is 11.8. The number of likely N-dealkylation sites (N-methyl/N-ethyl adjacent to an activating group) is 1. The van der Waals surface area contributed by atoms with E-state index in [0.717, 1.165) is 24.2 Å². The molecular formula is C11H17ClN4O2. The van der Waals surface area contributed by atoms with Gasteiger partial charge in [0.1, 0.15) is 5.02 Å². The van der Waals surface area contributed by atoms with Gasteiger partial charge in [-0.3, -0.25) is 4.79 Å². The molecule has 0 bridgehead atoms. The molecule has 1 aromatic rings. The topological polar surface area (TPSA) is 70.4 Å². The highest BCUT2D eigenvalue weighted by molar-refractivity contribution is 6.32. The molecule has 0 aromatic carbocycles. The number of nitrogens with one attached hydrogen (secondary N) is 1. The van der Waals surface area contributed by atoms with Crippen molar-refractivity contribution >= 4 is 17.3 Å². The number of hydrogen-bond acceptors (Lipinski definition) is 5. The summed E-state index contributed by atoms with van der Waals surface area (Å²) in [6.07, 6.45) is 2.56. The highest BCUT2D eigenvalue weighted by atomic mass is 35.5. The lowest BCUT2D eigenvalue weighted by Crippen LogP contribution is -2.28. The van der Waals surface area contributed by atoms with Crippen LogP contribution in [0.4, 0.5) is 5.69 Å². The number of halogens is 1. The second-order valence-corrected chi connectivity index (χ2v) is 4.89. The van der Waals surface area contributed by atoms with Crippen LogP contribution in [0.3, 0.4) is 0 Å². The van der Waals surface area contributed by atoms with Crippen molar-refractivity contribution in [2.75, 3.05) is 32.1 Å². The third kappa shape index (κ3) is 2.82. The lowest BCUT2D eigenvalue weighted by molar-refractivity contribution is 0.266. The molecule has 1 aliphatic rings. The van der Waals surface area contributed by atoms with Crippen molar-refractivity contribution in [1.29, 1.82) is 0 Å². The zero-order valence-electron chi connectivity index (χ0n) is 10.3. The monoisotopic (exact) mass is 272 g/mol. The number of aliphatic hydroxyl groups is 1. The van der Waals surface area contributed by atoms with Crippen LogP contribution in [-0.4, -0.2) is 52.6 Å². The lowest BCUT2D eigenvalue weighted by Gasteiger charge is -2.15. The minimum atomic E-state index is -0.373. The molecule has 1 unspecified atom stereocenters. The van der Waals surface area contributed by atoms with E-state index in [9.17, 15) is 4.79 Å². The van der Waals surface area contributed by atoms with Crippen LogP contribution < -0.4 is 10.9 Å². The van der Waals surface area contributed by atoms with Crippen LogP contribution in [0.25, 0.3) is 0 Å². The van der Waals surface area contributed by atoms with Gasteiger partial charge >= 0.3 is 0 Å². The highest BCUT2D eigenvalue weighted by Gasteiger charge is 2.20. The molecule has 1 aliphatic heterocycles. The Morgan fingerprint density at radius 1 is 1.67 bits per heavy atom. The normalized spacial score (nSPS) is 20.3. The summed E-state index contributed by atoms with van der Waals surface area (Å²) in [5.41, 5.74) is 0.193. The molecule has 2 rings (SSSR count). The number of likely N-dealkylation sites (tertiary alicyclic amines) is 1. The molecule has 0 aliphatic carbocycles. The van der Waals surface area contributed by atoms with E-state index < -0.39 is 0 Å². The molecule has 100 valence electrons. The first-order valence-corrected chi connectivity index (χ1v) is 6.31. The number of aliphatic hydroxyl groups excluding tert-OH is 1. The minimum absolute atomic E-state index is 0.132. The SMILES string of the molecule is CN1CCC(Nc2cnn(CCO)c(=O)c2Cl)C1. The maximum Gasteiger partial charge on any atom is 0.287 e. The van der Waals surface area contributed by atoms with E-state index in [4.69, 9.17) is 16.7 Å². The summed E-state index contributed by atoms with van der Waals surface area (Å²) in [7, 11) is 2.06. The summed E-state index contributed by atoms with van der Waals surface area (Å²) in [6.45, 7) is 1.98. The fourth-order valence-corrected chi connectivity index (χ4v) is 2.29. The third-order valence-electron chi connectivity index (χ3n) is 3.05. The van der Waals surface area contributed by atoms with Gasteiger partial charge in [-0.15, -0.1) is 0 Å². The average molecular weight is 273 g/mol. The smallest absolute Gasteiger partial charge is 0.287 e. The molecule has 0 saturated carbocycles. The molecule has 7 heteroatoms. The van der Waals surface area contributed by atoms with Crippen LogP contribution in [0.1, 0.15) is 6.42 Å². The molecule has 2 N–H and O–H groups in total. The Morgan fingerprint density at radius 2 is 2.44 bits per heavy atom. The van der Waals surface area contributed by atoms with E-state index in [1.807, 2.05) is 0 Å². The van der Waals surface area contributed by atoms with Gasteiger partial charge in [0.25, 0.3) is 5.56 Å². The maximum atomic E-state index is 11.8. The Labute approximate surface area is 110 Å².